The van der Waals surface area contributed by atoms with E-state index < -0.39 is 0 Å². The quantitative estimate of drug-likeness (QED) is 0.595. The monoisotopic (exact) mass is 341 g/mol. The minimum Gasteiger partial charge on any atom is -0.381 e. The fourth-order valence-corrected chi connectivity index (χ4v) is 4.55. The number of nitrogens with one attached hydrogen (secondary N) is 2. The van der Waals surface area contributed by atoms with Gasteiger partial charge in [0.2, 0.25) is 0 Å². The van der Waals surface area contributed by atoms with Crippen molar-refractivity contribution in [2.45, 2.75) is 63.2 Å². The lowest BCUT2D eigenvalue weighted by molar-refractivity contribution is 0.0782. The van der Waals surface area contributed by atoms with Gasteiger partial charge in [-0.05, 0) is 56.6 Å². The third kappa shape index (κ3) is 5.56. The van der Waals surface area contributed by atoms with Gasteiger partial charge in [-0.2, -0.15) is 11.8 Å². The van der Waals surface area contributed by atoms with Gasteiger partial charge in [-0.3, -0.25) is 4.99 Å². The lowest BCUT2D eigenvalue weighted by Crippen LogP contribution is -2.50. The molecule has 0 atom stereocenters. The van der Waals surface area contributed by atoms with Crippen molar-refractivity contribution in [1.82, 2.24) is 10.6 Å². The first-order valence-corrected chi connectivity index (χ1v) is 10.4. The maximum absolute atomic E-state index is 5.52. The van der Waals surface area contributed by atoms with Crippen molar-refractivity contribution in [2.75, 3.05) is 33.1 Å². The van der Waals surface area contributed by atoms with Crippen LogP contribution < -0.4 is 10.6 Å². The molecule has 1 saturated carbocycles. The molecule has 0 unspecified atom stereocenters. The topological polar surface area (TPSA) is 45.7 Å². The van der Waals surface area contributed by atoms with Crippen LogP contribution in [0.5, 0.6) is 0 Å². The van der Waals surface area contributed by atoms with E-state index in [9.17, 15) is 0 Å². The van der Waals surface area contributed by atoms with Gasteiger partial charge in [-0.25, -0.2) is 0 Å². The van der Waals surface area contributed by atoms with Crippen LogP contribution in [-0.4, -0.2) is 49.8 Å². The van der Waals surface area contributed by atoms with Gasteiger partial charge in [0, 0.05) is 37.6 Å². The Hall–Kier alpha value is -0.420. The molecule has 1 heterocycles. The molecular weight excluding hydrogens is 306 g/mol. The van der Waals surface area contributed by atoms with Crippen molar-refractivity contribution in [3.05, 3.63) is 0 Å². The predicted octanol–water partition coefficient (Wildman–Crippen LogP) is 3.28. The van der Waals surface area contributed by atoms with Gasteiger partial charge in [0.1, 0.15) is 0 Å². The van der Waals surface area contributed by atoms with E-state index >= 15 is 0 Å². The van der Waals surface area contributed by atoms with Crippen molar-refractivity contribution in [3.63, 3.8) is 0 Å². The molecule has 1 saturated heterocycles. The van der Waals surface area contributed by atoms with E-state index in [2.05, 4.69) is 35.7 Å². The van der Waals surface area contributed by atoms with Crippen molar-refractivity contribution in [3.8, 4) is 0 Å². The molecule has 0 spiro atoms. The van der Waals surface area contributed by atoms with Crippen molar-refractivity contribution in [2.24, 2.45) is 16.8 Å². The van der Waals surface area contributed by atoms with Gasteiger partial charge in [0.05, 0.1) is 0 Å². The summed E-state index contributed by atoms with van der Waals surface area (Å²) in [5.74, 6) is 2.70. The number of nitrogens with zero attached hydrogens (tertiary/aromatic N) is 1. The molecule has 2 aliphatic rings. The van der Waals surface area contributed by atoms with Crippen LogP contribution in [0.15, 0.2) is 4.99 Å². The second-order valence-electron chi connectivity index (χ2n) is 7.43. The highest BCUT2D eigenvalue weighted by molar-refractivity contribution is 8.00. The number of hydrogen-bond acceptors (Lipinski definition) is 3. The Labute approximate surface area is 146 Å². The number of thioether (sulfide) groups is 1. The first-order chi connectivity index (χ1) is 11.1. The molecule has 0 aromatic heterocycles. The SMILES string of the molecule is CN=C(NCC1(SC)CCOCC1)NC1CCC(C(C)C)CC1. The number of hydrogen-bond donors (Lipinski definition) is 2. The Balaban J connectivity index is 1.77. The molecule has 2 N–H and O–H groups in total. The van der Waals surface area contributed by atoms with E-state index in [1.165, 1.54) is 25.7 Å². The Morgan fingerprint density at radius 2 is 1.87 bits per heavy atom. The van der Waals surface area contributed by atoms with E-state index in [0.717, 1.165) is 50.4 Å². The van der Waals surface area contributed by atoms with Crippen LogP contribution in [0.2, 0.25) is 0 Å². The lowest BCUT2D eigenvalue weighted by Gasteiger charge is -2.37. The maximum atomic E-state index is 5.52. The van der Waals surface area contributed by atoms with Gasteiger partial charge < -0.3 is 15.4 Å². The largest absolute Gasteiger partial charge is 0.381 e. The van der Waals surface area contributed by atoms with Crippen LogP contribution in [0.4, 0.5) is 0 Å². The van der Waals surface area contributed by atoms with Gasteiger partial charge in [0.25, 0.3) is 0 Å². The highest BCUT2D eigenvalue weighted by atomic mass is 32.2. The summed E-state index contributed by atoms with van der Waals surface area (Å²) in [7, 11) is 1.88. The highest BCUT2D eigenvalue weighted by Gasteiger charge is 2.32. The second-order valence-corrected chi connectivity index (χ2v) is 8.70. The molecule has 134 valence electrons. The predicted molar refractivity (Wildman–Crippen MR) is 101 cm³/mol. The second kappa shape index (κ2) is 9.16. The van der Waals surface area contributed by atoms with E-state index in [0.29, 0.717) is 10.8 Å². The summed E-state index contributed by atoms with van der Waals surface area (Å²) in [6.45, 7) is 7.45. The smallest absolute Gasteiger partial charge is 0.191 e. The third-order valence-electron chi connectivity index (χ3n) is 5.69. The fourth-order valence-electron chi connectivity index (χ4n) is 3.76. The van der Waals surface area contributed by atoms with Crippen LogP contribution in [0.25, 0.3) is 0 Å². The van der Waals surface area contributed by atoms with Crippen LogP contribution in [0, 0.1) is 11.8 Å². The molecule has 5 heteroatoms. The average molecular weight is 342 g/mol. The first kappa shape index (κ1) is 18.9. The molecule has 2 rings (SSSR count). The first-order valence-electron chi connectivity index (χ1n) is 9.18. The van der Waals surface area contributed by atoms with Crippen molar-refractivity contribution in [1.29, 1.82) is 0 Å². The number of aliphatic imine (C=N–C) groups is 1. The fraction of sp³-hybridized carbons (Fsp3) is 0.944. The Morgan fingerprint density at radius 1 is 1.22 bits per heavy atom. The van der Waals surface area contributed by atoms with Gasteiger partial charge in [-0.1, -0.05) is 13.8 Å². The summed E-state index contributed by atoms with van der Waals surface area (Å²) in [6, 6.07) is 0.580. The average Bonchev–Trinajstić information content (AvgIpc) is 2.59. The van der Waals surface area contributed by atoms with E-state index in [4.69, 9.17) is 4.74 Å². The molecule has 2 fully saturated rings. The van der Waals surface area contributed by atoms with Gasteiger partial charge in [0.15, 0.2) is 5.96 Å². The number of guanidine groups is 1. The Kier molecular flexibility index (Phi) is 7.54. The zero-order valence-corrected chi connectivity index (χ0v) is 16.2. The molecule has 0 amide bonds. The summed E-state index contributed by atoms with van der Waals surface area (Å²) in [5, 5.41) is 7.22. The van der Waals surface area contributed by atoms with E-state index in [1.54, 1.807) is 0 Å². The van der Waals surface area contributed by atoms with E-state index in [-0.39, 0.29) is 0 Å². The van der Waals surface area contributed by atoms with Crippen LogP contribution in [-0.2, 0) is 4.74 Å². The Bertz CT molecular complexity index is 372. The minimum absolute atomic E-state index is 0.297. The molecule has 0 aromatic rings. The zero-order valence-electron chi connectivity index (χ0n) is 15.4. The van der Waals surface area contributed by atoms with Crippen LogP contribution in [0.1, 0.15) is 52.4 Å². The van der Waals surface area contributed by atoms with Crippen molar-refractivity contribution >= 4 is 17.7 Å². The number of ether oxygens (including phenoxy) is 1. The summed E-state index contributed by atoms with van der Waals surface area (Å²) < 4.78 is 5.82. The molecule has 1 aliphatic heterocycles. The third-order valence-corrected chi connectivity index (χ3v) is 7.11. The number of rotatable bonds is 5. The Morgan fingerprint density at radius 3 is 2.39 bits per heavy atom. The zero-order chi connectivity index (χ0) is 16.7. The lowest BCUT2D eigenvalue weighted by atomic mass is 9.80. The molecular formula is C18H35N3OS. The summed E-state index contributed by atoms with van der Waals surface area (Å²) in [4.78, 5) is 4.44. The van der Waals surface area contributed by atoms with Gasteiger partial charge >= 0.3 is 0 Å². The van der Waals surface area contributed by atoms with Crippen LogP contribution >= 0.6 is 11.8 Å². The molecule has 1 aliphatic carbocycles. The van der Waals surface area contributed by atoms with Gasteiger partial charge in [-0.15, -0.1) is 0 Å². The standard InChI is InChI=1S/C18H35N3OS/c1-14(2)15-5-7-16(8-6-15)21-17(19-3)20-13-18(23-4)9-11-22-12-10-18/h14-16H,5-13H2,1-4H3,(H2,19,20,21). The summed E-state index contributed by atoms with van der Waals surface area (Å²) in [5.41, 5.74) is 0. The summed E-state index contributed by atoms with van der Waals surface area (Å²) in [6.07, 6.45) is 9.69. The molecule has 23 heavy (non-hydrogen) atoms. The van der Waals surface area contributed by atoms with Crippen LogP contribution in [0.3, 0.4) is 0 Å². The highest BCUT2D eigenvalue weighted by Crippen LogP contribution is 2.33. The molecule has 0 aromatic carbocycles. The molecule has 0 radical (unpaired) electrons. The minimum atomic E-state index is 0.297. The van der Waals surface area contributed by atoms with Crippen molar-refractivity contribution < 1.29 is 4.74 Å². The molecule has 0 bridgehead atoms. The summed E-state index contributed by atoms with van der Waals surface area (Å²) >= 11 is 1.97. The van der Waals surface area contributed by atoms with E-state index in [1.807, 2.05) is 18.8 Å². The normalized spacial score (nSPS) is 28.7. The molecule has 4 nitrogen and oxygen atoms in total. The maximum Gasteiger partial charge on any atom is 0.191 e.